The molecule has 3 aromatic rings. The number of rotatable bonds is 8. The molecule has 0 unspecified atom stereocenters. The summed E-state index contributed by atoms with van der Waals surface area (Å²) in [7, 11) is 0. The predicted octanol–water partition coefficient (Wildman–Crippen LogP) is 2.78. The first-order valence-electron chi connectivity index (χ1n) is 9.68. The molecule has 1 N–H and O–H groups in total. The van der Waals surface area contributed by atoms with Crippen LogP contribution in [0.5, 0.6) is 17.2 Å². The topological polar surface area (TPSA) is 88.0 Å². The summed E-state index contributed by atoms with van der Waals surface area (Å²) in [4.78, 5) is 25.0. The van der Waals surface area contributed by atoms with Gasteiger partial charge in [0.15, 0.2) is 18.1 Å². The van der Waals surface area contributed by atoms with Gasteiger partial charge in [0.05, 0.1) is 12.0 Å². The van der Waals surface area contributed by atoms with E-state index >= 15 is 0 Å². The number of nitrogens with one attached hydrogen (secondary N) is 1. The molecule has 0 radical (unpaired) electrons. The maximum Gasteiger partial charge on any atom is 0.262 e. The van der Waals surface area contributed by atoms with Gasteiger partial charge in [-0.15, -0.1) is 0 Å². The molecule has 0 bridgehead atoms. The maximum absolute atomic E-state index is 12.7. The molecule has 8 nitrogen and oxygen atoms in total. The van der Waals surface area contributed by atoms with Gasteiger partial charge in [-0.05, 0) is 37.3 Å². The van der Waals surface area contributed by atoms with Crippen molar-refractivity contribution in [3.63, 3.8) is 0 Å². The third-order valence-electron chi connectivity index (χ3n) is 4.67. The van der Waals surface area contributed by atoms with Crippen LogP contribution >= 0.6 is 0 Å². The van der Waals surface area contributed by atoms with Gasteiger partial charge in [0.1, 0.15) is 5.75 Å². The van der Waals surface area contributed by atoms with Crippen molar-refractivity contribution in [3.05, 3.63) is 59.0 Å². The van der Waals surface area contributed by atoms with Crippen molar-refractivity contribution in [1.82, 2.24) is 4.57 Å². The molecule has 2 heterocycles. The van der Waals surface area contributed by atoms with Crippen molar-refractivity contribution >= 4 is 22.4 Å². The number of hydrogen-bond donors (Lipinski definition) is 1. The minimum absolute atomic E-state index is 0.123. The third kappa shape index (κ3) is 4.23. The van der Waals surface area contributed by atoms with E-state index < -0.39 is 0 Å². The summed E-state index contributed by atoms with van der Waals surface area (Å²) in [6, 6.07) is 12.2. The monoisotopic (exact) mass is 410 g/mol. The lowest BCUT2D eigenvalue weighted by molar-refractivity contribution is -0.118. The van der Waals surface area contributed by atoms with E-state index in [0.717, 1.165) is 0 Å². The molecular formula is C22H22N2O6. The van der Waals surface area contributed by atoms with Crippen molar-refractivity contribution in [2.45, 2.75) is 13.5 Å². The largest absolute Gasteiger partial charge is 0.483 e. The number of anilines is 1. The second kappa shape index (κ2) is 8.87. The zero-order valence-corrected chi connectivity index (χ0v) is 16.6. The van der Waals surface area contributed by atoms with Crippen LogP contribution < -0.4 is 25.1 Å². The fraction of sp³-hybridized carbons (Fsp3) is 0.273. The van der Waals surface area contributed by atoms with Crippen molar-refractivity contribution in [2.75, 3.05) is 31.9 Å². The van der Waals surface area contributed by atoms with E-state index in [-0.39, 0.29) is 24.9 Å². The summed E-state index contributed by atoms with van der Waals surface area (Å²) < 4.78 is 23.2. The Kier molecular flexibility index (Phi) is 5.85. The van der Waals surface area contributed by atoms with E-state index in [1.807, 2.05) is 13.0 Å². The van der Waals surface area contributed by atoms with Crippen LogP contribution in [0.1, 0.15) is 6.92 Å². The van der Waals surface area contributed by atoms with Gasteiger partial charge in [0.2, 0.25) is 6.79 Å². The SMILES string of the molecule is CCOCCn1ccc2c(OCC(=O)Nc3ccc4c(c3)OCO4)cccc2c1=O. The first-order valence-corrected chi connectivity index (χ1v) is 9.68. The Bertz CT molecular complexity index is 1120. The molecule has 0 atom stereocenters. The fourth-order valence-corrected chi connectivity index (χ4v) is 3.21. The van der Waals surface area contributed by atoms with Gasteiger partial charge >= 0.3 is 0 Å². The molecule has 2 aromatic carbocycles. The highest BCUT2D eigenvalue weighted by atomic mass is 16.7. The molecule has 0 fully saturated rings. The Hall–Kier alpha value is -3.52. The van der Waals surface area contributed by atoms with E-state index in [2.05, 4.69) is 5.32 Å². The van der Waals surface area contributed by atoms with E-state index in [4.69, 9.17) is 18.9 Å². The maximum atomic E-state index is 12.7. The Morgan fingerprint density at radius 1 is 1.13 bits per heavy atom. The molecule has 1 aliphatic rings. The number of nitrogens with zero attached hydrogens (tertiary/aromatic N) is 1. The minimum atomic E-state index is -0.323. The molecule has 1 amide bonds. The van der Waals surface area contributed by atoms with Crippen LogP contribution in [0.2, 0.25) is 0 Å². The van der Waals surface area contributed by atoms with Gasteiger partial charge in [-0.3, -0.25) is 9.59 Å². The highest BCUT2D eigenvalue weighted by Gasteiger charge is 2.15. The molecule has 0 aliphatic carbocycles. The number of hydrogen-bond acceptors (Lipinski definition) is 6. The molecular weight excluding hydrogens is 388 g/mol. The molecule has 1 aromatic heterocycles. The summed E-state index contributed by atoms with van der Waals surface area (Å²) in [6.07, 6.45) is 1.71. The molecule has 4 rings (SSSR count). The normalized spacial score (nSPS) is 12.2. The first-order chi connectivity index (χ1) is 14.7. The quantitative estimate of drug-likeness (QED) is 0.575. The number of pyridine rings is 1. The number of amides is 1. The van der Waals surface area contributed by atoms with Gasteiger partial charge in [-0.1, -0.05) is 6.07 Å². The van der Waals surface area contributed by atoms with Crippen LogP contribution in [-0.2, 0) is 16.1 Å². The average molecular weight is 410 g/mol. The fourth-order valence-electron chi connectivity index (χ4n) is 3.21. The number of aromatic nitrogens is 1. The second-order valence-electron chi connectivity index (χ2n) is 6.63. The molecule has 1 aliphatic heterocycles. The molecule has 30 heavy (non-hydrogen) atoms. The number of carbonyl (C=O) groups excluding carboxylic acids is 1. The number of benzene rings is 2. The molecule has 0 saturated carbocycles. The summed E-state index contributed by atoms with van der Waals surface area (Å²) in [5, 5.41) is 3.95. The molecule has 156 valence electrons. The van der Waals surface area contributed by atoms with Crippen LogP contribution in [0.15, 0.2) is 53.5 Å². The Morgan fingerprint density at radius 2 is 2.00 bits per heavy atom. The Morgan fingerprint density at radius 3 is 2.87 bits per heavy atom. The number of fused-ring (bicyclic) bond motifs is 2. The lowest BCUT2D eigenvalue weighted by Crippen LogP contribution is -2.22. The van der Waals surface area contributed by atoms with Crippen LogP contribution in [0.4, 0.5) is 5.69 Å². The Balaban J connectivity index is 1.44. The lowest BCUT2D eigenvalue weighted by Gasteiger charge is -2.12. The summed E-state index contributed by atoms with van der Waals surface area (Å²) >= 11 is 0. The average Bonchev–Trinajstić information content (AvgIpc) is 3.22. The number of ether oxygens (including phenoxy) is 4. The van der Waals surface area contributed by atoms with Crippen molar-refractivity contribution in [2.24, 2.45) is 0 Å². The van der Waals surface area contributed by atoms with Gasteiger partial charge in [-0.25, -0.2) is 0 Å². The zero-order chi connectivity index (χ0) is 20.9. The lowest BCUT2D eigenvalue weighted by atomic mass is 10.1. The standard InChI is InChI=1S/C22H22N2O6/c1-2-27-11-10-24-9-8-16-17(22(24)26)4-3-5-18(16)28-13-21(25)23-15-6-7-19-20(12-15)30-14-29-19/h3-9,12H,2,10-11,13-14H2,1H3,(H,23,25). The van der Waals surface area contributed by atoms with Gasteiger partial charge in [0.25, 0.3) is 11.5 Å². The van der Waals surface area contributed by atoms with Crippen LogP contribution in [0.25, 0.3) is 10.8 Å². The van der Waals surface area contributed by atoms with Crippen molar-refractivity contribution in [1.29, 1.82) is 0 Å². The van der Waals surface area contributed by atoms with Crippen LogP contribution in [0, 0.1) is 0 Å². The summed E-state index contributed by atoms with van der Waals surface area (Å²) in [5.74, 6) is 1.38. The van der Waals surface area contributed by atoms with Gasteiger partial charge in [-0.2, -0.15) is 0 Å². The molecule has 0 saturated heterocycles. The first kappa shape index (κ1) is 19.8. The van der Waals surface area contributed by atoms with E-state index in [0.29, 0.717) is 53.5 Å². The van der Waals surface area contributed by atoms with E-state index in [1.165, 1.54) is 0 Å². The van der Waals surface area contributed by atoms with Gasteiger partial charge < -0.3 is 28.8 Å². The molecule has 8 heteroatoms. The second-order valence-corrected chi connectivity index (χ2v) is 6.63. The summed E-state index contributed by atoms with van der Waals surface area (Å²) in [5.41, 5.74) is 0.463. The zero-order valence-electron chi connectivity index (χ0n) is 16.6. The summed E-state index contributed by atoms with van der Waals surface area (Å²) in [6.45, 7) is 3.44. The molecule has 0 spiro atoms. The van der Waals surface area contributed by atoms with Crippen LogP contribution in [0.3, 0.4) is 0 Å². The van der Waals surface area contributed by atoms with Crippen molar-refractivity contribution in [3.8, 4) is 17.2 Å². The van der Waals surface area contributed by atoms with Crippen molar-refractivity contribution < 1.29 is 23.7 Å². The minimum Gasteiger partial charge on any atom is -0.483 e. The number of carbonyl (C=O) groups is 1. The van der Waals surface area contributed by atoms with Gasteiger partial charge in [0, 0.05) is 36.5 Å². The third-order valence-corrected chi connectivity index (χ3v) is 4.67. The predicted molar refractivity (Wildman–Crippen MR) is 111 cm³/mol. The van der Waals surface area contributed by atoms with E-state index in [1.54, 1.807) is 47.2 Å². The smallest absolute Gasteiger partial charge is 0.262 e. The highest BCUT2D eigenvalue weighted by Crippen LogP contribution is 2.34. The van der Waals surface area contributed by atoms with E-state index in [9.17, 15) is 9.59 Å². The van der Waals surface area contributed by atoms with Crippen LogP contribution in [-0.4, -0.2) is 37.1 Å². The highest BCUT2D eigenvalue weighted by molar-refractivity contribution is 5.93. The Labute approximate surface area is 172 Å².